The first kappa shape index (κ1) is 14.2. The zero-order chi connectivity index (χ0) is 15.7. The number of rotatable bonds is 5. The highest BCUT2D eigenvalue weighted by Crippen LogP contribution is 2.36. The maximum Gasteiger partial charge on any atom is 0.335 e. The molecule has 0 radical (unpaired) electrons. The molecule has 1 amide bonds. The summed E-state index contributed by atoms with van der Waals surface area (Å²) in [5.74, 6) is 0.327. The summed E-state index contributed by atoms with van der Waals surface area (Å²) in [6, 6.07) is 6.27. The number of carbonyl (C=O) groups is 2. The topological polar surface area (TPSA) is 97.1 Å². The average Bonchev–Trinajstić information content (AvgIpc) is 3.28. The number of nitrogens with zero attached hydrogens (tertiary/aromatic N) is 3. The third-order valence-corrected chi connectivity index (χ3v) is 3.65. The molecule has 7 heteroatoms. The quantitative estimate of drug-likeness (QED) is 0.873. The monoisotopic (exact) mass is 300 g/mol. The predicted molar refractivity (Wildman–Crippen MR) is 77.6 cm³/mol. The van der Waals surface area contributed by atoms with Crippen LogP contribution in [0.25, 0.3) is 0 Å². The molecule has 2 aromatic rings. The van der Waals surface area contributed by atoms with E-state index in [4.69, 9.17) is 5.11 Å². The molecule has 114 valence electrons. The van der Waals surface area contributed by atoms with Crippen molar-refractivity contribution >= 4 is 11.9 Å². The Labute approximate surface area is 127 Å². The number of aryl methyl sites for hydroxylation is 1. The van der Waals surface area contributed by atoms with Gasteiger partial charge >= 0.3 is 5.97 Å². The van der Waals surface area contributed by atoms with Crippen LogP contribution in [0.1, 0.15) is 51.2 Å². The standard InChI is InChI=1S/C15H16N4O3/c1-9-17-18-13(19(9)12-6-7-12)8-16-14(20)10-2-4-11(5-3-10)15(21)22/h2-5,12H,6-8H2,1H3,(H,16,20)(H,21,22). The second kappa shape index (κ2) is 5.59. The van der Waals surface area contributed by atoms with Crippen molar-refractivity contribution in [1.29, 1.82) is 0 Å². The first-order chi connectivity index (χ1) is 10.6. The molecule has 0 bridgehead atoms. The van der Waals surface area contributed by atoms with Crippen LogP contribution >= 0.6 is 0 Å². The number of amides is 1. The molecule has 7 nitrogen and oxygen atoms in total. The molecule has 2 N–H and O–H groups in total. The first-order valence-electron chi connectivity index (χ1n) is 7.08. The zero-order valence-corrected chi connectivity index (χ0v) is 12.1. The Hall–Kier alpha value is -2.70. The van der Waals surface area contributed by atoms with E-state index in [1.54, 1.807) is 0 Å². The molecule has 1 fully saturated rings. The van der Waals surface area contributed by atoms with E-state index < -0.39 is 5.97 Å². The molecular formula is C15H16N4O3. The second-order valence-corrected chi connectivity index (χ2v) is 5.33. The lowest BCUT2D eigenvalue weighted by molar-refractivity contribution is 0.0696. The minimum atomic E-state index is -1.01. The molecule has 1 aromatic carbocycles. The van der Waals surface area contributed by atoms with Gasteiger partial charge in [-0.3, -0.25) is 4.79 Å². The fraction of sp³-hybridized carbons (Fsp3) is 0.333. The van der Waals surface area contributed by atoms with Crippen molar-refractivity contribution in [3.05, 3.63) is 47.0 Å². The number of hydrogen-bond donors (Lipinski definition) is 2. The summed E-state index contributed by atoms with van der Waals surface area (Å²) in [6.07, 6.45) is 2.24. The van der Waals surface area contributed by atoms with E-state index in [1.165, 1.54) is 24.3 Å². The van der Waals surface area contributed by atoms with Crippen molar-refractivity contribution in [2.24, 2.45) is 0 Å². The maximum atomic E-state index is 12.1. The molecule has 1 heterocycles. The smallest absolute Gasteiger partial charge is 0.335 e. The van der Waals surface area contributed by atoms with Crippen LogP contribution in [0.3, 0.4) is 0 Å². The van der Waals surface area contributed by atoms with Crippen molar-refractivity contribution < 1.29 is 14.7 Å². The van der Waals surface area contributed by atoms with Crippen LogP contribution in [0.4, 0.5) is 0 Å². The molecule has 3 rings (SSSR count). The van der Waals surface area contributed by atoms with Crippen molar-refractivity contribution in [3.63, 3.8) is 0 Å². The van der Waals surface area contributed by atoms with Gasteiger partial charge in [0, 0.05) is 11.6 Å². The van der Waals surface area contributed by atoms with Crippen molar-refractivity contribution in [1.82, 2.24) is 20.1 Å². The van der Waals surface area contributed by atoms with Crippen LogP contribution < -0.4 is 5.32 Å². The Bertz CT molecular complexity index is 717. The molecule has 0 aliphatic heterocycles. The van der Waals surface area contributed by atoms with E-state index in [0.717, 1.165) is 24.5 Å². The van der Waals surface area contributed by atoms with Gasteiger partial charge in [0.05, 0.1) is 12.1 Å². The third kappa shape index (κ3) is 2.83. The summed E-state index contributed by atoms with van der Waals surface area (Å²) in [7, 11) is 0. The maximum absolute atomic E-state index is 12.1. The van der Waals surface area contributed by atoms with Crippen LogP contribution in [-0.4, -0.2) is 31.7 Å². The van der Waals surface area contributed by atoms with Gasteiger partial charge < -0.3 is 15.0 Å². The van der Waals surface area contributed by atoms with Crippen LogP contribution in [0.15, 0.2) is 24.3 Å². The molecule has 0 atom stereocenters. The minimum absolute atomic E-state index is 0.153. The molecule has 0 unspecified atom stereocenters. The Kier molecular flexibility index (Phi) is 3.62. The van der Waals surface area contributed by atoms with Gasteiger partial charge in [-0.1, -0.05) is 0 Å². The summed E-state index contributed by atoms with van der Waals surface area (Å²) in [4.78, 5) is 22.9. The van der Waals surface area contributed by atoms with Crippen LogP contribution in [0.5, 0.6) is 0 Å². The lowest BCUT2D eigenvalue weighted by Crippen LogP contribution is -2.24. The van der Waals surface area contributed by atoms with Gasteiger partial charge in [0.15, 0.2) is 5.82 Å². The van der Waals surface area contributed by atoms with Gasteiger partial charge in [0.1, 0.15) is 5.82 Å². The van der Waals surface area contributed by atoms with E-state index in [1.807, 2.05) is 6.92 Å². The summed E-state index contributed by atoms with van der Waals surface area (Å²) < 4.78 is 2.06. The Morgan fingerprint density at radius 3 is 2.45 bits per heavy atom. The van der Waals surface area contributed by atoms with E-state index in [-0.39, 0.29) is 11.5 Å². The molecule has 0 saturated heterocycles. The molecule has 1 aromatic heterocycles. The summed E-state index contributed by atoms with van der Waals surface area (Å²) in [6.45, 7) is 2.21. The van der Waals surface area contributed by atoms with Gasteiger partial charge in [-0.25, -0.2) is 4.79 Å². The number of benzene rings is 1. The Morgan fingerprint density at radius 2 is 1.86 bits per heavy atom. The minimum Gasteiger partial charge on any atom is -0.478 e. The van der Waals surface area contributed by atoms with Gasteiger partial charge in [-0.05, 0) is 44.0 Å². The Morgan fingerprint density at radius 1 is 1.23 bits per heavy atom. The third-order valence-electron chi connectivity index (χ3n) is 3.65. The normalized spacial score (nSPS) is 13.9. The number of aromatic nitrogens is 3. The van der Waals surface area contributed by atoms with Crippen LogP contribution in [0.2, 0.25) is 0 Å². The van der Waals surface area contributed by atoms with Gasteiger partial charge in [0.2, 0.25) is 0 Å². The number of carboxylic acids is 1. The number of carboxylic acid groups (broad SMARTS) is 1. The highest BCUT2D eigenvalue weighted by atomic mass is 16.4. The number of hydrogen-bond acceptors (Lipinski definition) is 4. The molecule has 1 aliphatic carbocycles. The van der Waals surface area contributed by atoms with Crippen molar-refractivity contribution in [3.8, 4) is 0 Å². The van der Waals surface area contributed by atoms with E-state index in [2.05, 4.69) is 20.1 Å². The van der Waals surface area contributed by atoms with Crippen molar-refractivity contribution in [2.45, 2.75) is 32.4 Å². The number of carbonyl (C=O) groups excluding carboxylic acids is 1. The summed E-state index contributed by atoms with van der Waals surface area (Å²) >= 11 is 0. The first-order valence-corrected chi connectivity index (χ1v) is 7.08. The van der Waals surface area contributed by atoms with E-state index in [9.17, 15) is 9.59 Å². The molecule has 0 spiro atoms. The Balaban J connectivity index is 1.66. The highest BCUT2D eigenvalue weighted by molar-refractivity contribution is 5.95. The SMILES string of the molecule is Cc1nnc(CNC(=O)c2ccc(C(=O)O)cc2)n1C1CC1. The predicted octanol–water partition coefficient (Wildman–Crippen LogP) is 1.55. The molecule has 1 aliphatic rings. The van der Waals surface area contributed by atoms with E-state index in [0.29, 0.717) is 18.2 Å². The molecule has 22 heavy (non-hydrogen) atoms. The average molecular weight is 300 g/mol. The lowest BCUT2D eigenvalue weighted by atomic mass is 10.1. The largest absolute Gasteiger partial charge is 0.478 e. The van der Waals surface area contributed by atoms with E-state index >= 15 is 0 Å². The van der Waals surface area contributed by atoms with Gasteiger partial charge in [0.25, 0.3) is 5.91 Å². The molecular weight excluding hydrogens is 284 g/mol. The summed E-state index contributed by atoms with van der Waals surface area (Å²) in [5, 5.41) is 19.8. The number of nitrogens with one attached hydrogen (secondary N) is 1. The summed E-state index contributed by atoms with van der Waals surface area (Å²) in [5.41, 5.74) is 0.569. The fourth-order valence-corrected chi connectivity index (χ4v) is 2.37. The van der Waals surface area contributed by atoms with Gasteiger partial charge in [-0.15, -0.1) is 10.2 Å². The highest BCUT2D eigenvalue weighted by Gasteiger charge is 2.28. The lowest BCUT2D eigenvalue weighted by Gasteiger charge is -2.08. The molecule has 1 saturated carbocycles. The second-order valence-electron chi connectivity index (χ2n) is 5.33. The van der Waals surface area contributed by atoms with Crippen molar-refractivity contribution in [2.75, 3.05) is 0 Å². The van der Waals surface area contributed by atoms with Crippen LogP contribution in [0, 0.1) is 6.92 Å². The van der Waals surface area contributed by atoms with Gasteiger partial charge in [-0.2, -0.15) is 0 Å². The number of aromatic carboxylic acids is 1. The zero-order valence-electron chi connectivity index (χ0n) is 12.1. The van der Waals surface area contributed by atoms with Crippen LogP contribution in [-0.2, 0) is 6.54 Å². The fourth-order valence-electron chi connectivity index (χ4n) is 2.37.